The van der Waals surface area contributed by atoms with Gasteiger partial charge in [-0.05, 0) is 41.2 Å². The predicted octanol–water partition coefficient (Wildman–Crippen LogP) is 3.76. The maximum atomic E-state index is 13.3. The molecule has 0 spiro atoms. The van der Waals surface area contributed by atoms with E-state index in [-0.39, 0.29) is 17.8 Å². The van der Waals surface area contributed by atoms with Crippen LogP contribution in [0.4, 0.5) is 4.39 Å². The minimum Gasteiger partial charge on any atom is -0.379 e. The molecule has 29 heavy (non-hydrogen) atoms. The molecule has 1 atom stereocenters. The maximum Gasteiger partial charge on any atom is 0.224 e. The number of carbonyl (C=O) groups is 1. The fourth-order valence-electron chi connectivity index (χ4n) is 3.75. The molecule has 1 fully saturated rings. The van der Waals surface area contributed by atoms with E-state index in [1.54, 1.807) is 12.1 Å². The fourth-order valence-corrected chi connectivity index (χ4v) is 3.75. The summed E-state index contributed by atoms with van der Waals surface area (Å²) in [7, 11) is 0. The lowest BCUT2D eigenvalue weighted by Crippen LogP contribution is -2.44. The number of rotatable bonds is 8. The zero-order valence-electron chi connectivity index (χ0n) is 17.4. The van der Waals surface area contributed by atoms with Crippen molar-refractivity contribution in [2.45, 2.75) is 32.7 Å². The summed E-state index contributed by atoms with van der Waals surface area (Å²) >= 11 is 0. The van der Waals surface area contributed by atoms with Crippen LogP contribution in [0.25, 0.3) is 0 Å². The molecule has 1 heterocycles. The zero-order chi connectivity index (χ0) is 20.6. The molecule has 1 amide bonds. The lowest BCUT2D eigenvalue weighted by atomic mass is 10.0. The standard InChI is InChI=1S/C24H31FN2O2/c1-18(2)15-19-3-5-20(6-4-19)16-24(28)26-17-23(27-11-13-29-14-12-27)21-7-9-22(25)10-8-21/h3-10,18,23H,11-17H2,1-2H3,(H,26,28). The molecule has 1 unspecified atom stereocenters. The zero-order valence-corrected chi connectivity index (χ0v) is 17.4. The van der Waals surface area contributed by atoms with Crippen molar-refractivity contribution in [2.24, 2.45) is 5.92 Å². The van der Waals surface area contributed by atoms with Crippen LogP contribution in [-0.4, -0.2) is 43.7 Å². The van der Waals surface area contributed by atoms with Crippen LogP contribution in [0.15, 0.2) is 48.5 Å². The molecule has 5 heteroatoms. The van der Waals surface area contributed by atoms with Crippen LogP contribution in [0.1, 0.15) is 36.6 Å². The fraction of sp³-hybridized carbons (Fsp3) is 0.458. The number of nitrogens with zero attached hydrogens (tertiary/aromatic N) is 1. The number of benzene rings is 2. The van der Waals surface area contributed by atoms with Crippen LogP contribution in [0.3, 0.4) is 0 Å². The summed E-state index contributed by atoms with van der Waals surface area (Å²) in [6.45, 7) is 7.85. The Balaban J connectivity index is 1.59. The number of halogens is 1. The van der Waals surface area contributed by atoms with Gasteiger partial charge in [-0.1, -0.05) is 50.2 Å². The minimum atomic E-state index is -0.251. The van der Waals surface area contributed by atoms with Gasteiger partial charge in [0.05, 0.1) is 25.7 Å². The minimum absolute atomic E-state index is 0.00183. The summed E-state index contributed by atoms with van der Waals surface area (Å²) in [5.74, 6) is 0.370. The summed E-state index contributed by atoms with van der Waals surface area (Å²) in [6.07, 6.45) is 1.41. The number of carbonyl (C=O) groups excluding carboxylic acids is 1. The highest BCUT2D eigenvalue weighted by molar-refractivity contribution is 5.78. The third kappa shape index (κ3) is 6.65. The average molecular weight is 399 g/mol. The Morgan fingerprint density at radius 2 is 1.66 bits per heavy atom. The van der Waals surface area contributed by atoms with Crippen LogP contribution < -0.4 is 5.32 Å². The molecule has 0 bridgehead atoms. The van der Waals surface area contributed by atoms with Crippen LogP contribution >= 0.6 is 0 Å². The van der Waals surface area contributed by atoms with Crippen LogP contribution in [-0.2, 0) is 22.4 Å². The molecule has 2 aromatic carbocycles. The number of amides is 1. The molecule has 1 saturated heterocycles. The molecule has 3 rings (SSSR count). The third-order valence-electron chi connectivity index (χ3n) is 5.27. The molecule has 1 aliphatic rings. The highest BCUT2D eigenvalue weighted by Crippen LogP contribution is 2.22. The second kappa shape index (κ2) is 10.5. The summed E-state index contributed by atoms with van der Waals surface area (Å²) in [4.78, 5) is 14.8. The second-order valence-corrected chi connectivity index (χ2v) is 8.11. The molecule has 156 valence electrons. The molecule has 4 nitrogen and oxygen atoms in total. The Kier molecular flexibility index (Phi) is 7.78. The van der Waals surface area contributed by atoms with Gasteiger partial charge in [-0.25, -0.2) is 4.39 Å². The van der Waals surface area contributed by atoms with Gasteiger partial charge < -0.3 is 10.1 Å². The van der Waals surface area contributed by atoms with E-state index in [2.05, 4.69) is 36.2 Å². The Labute approximate surface area is 173 Å². The van der Waals surface area contributed by atoms with Gasteiger partial charge in [0.1, 0.15) is 5.82 Å². The average Bonchev–Trinajstić information content (AvgIpc) is 2.71. The van der Waals surface area contributed by atoms with Crippen LogP contribution in [0.5, 0.6) is 0 Å². The first-order valence-electron chi connectivity index (χ1n) is 10.4. The number of ether oxygens (including phenoxy) is 1. The van der Waals surface area contributed by atoms with Crippen molar-refractivity contribution in [1.29, 1.82) is 0 Å². The molecule has 1 aliphatic heterocycles. The first kappa shape index (κ1) is 21.5. The molecule has 0 radical (unpaired) electrons. The molecular weight excluding hydrogens is 367 g/mol. The monoisotopic (exact) mass is 398 g/mol. The Bertz CT molecular complexity index is 768. The van der Waals surface area contributed by atoms with Crippen molar-refractivity contribution in [3.63, 3.8) is 0 Å². The van der Waals surface area contributed by atoms with E-state index in [4.69, 9.17) is 4.74 Å². The SMILES string of the molecule is CC(C)Cc1ccc(CC(=O)NCC(c2ccc(F)cc2)N2CCOCC2)cc1. The van der Waals surface area contributed by atoms with Gasteiger partial charge in [0.25, 0.3) is 0 Å². The summed E-state index contributed by atoms with van der Waals surface area (Å²) in [5.41, 5.74) is 3.32. The second-order valence-electron chi connectivity index (χ2n) is 8.11. The molecular formula is C24H31FN2O2. The van der Waals surface area contributed by atoms with E-state index in [0.717, 1.165) is 30.6 Å². The quantitative estimate of drug-likeness (QED) is 0.736. The topological polar surface area (TPSA) is 41.6 Å². The van der Waals surface area contributed by atoms with Gasteiger partial charge in [-0.15, -0.1) is 0 Å². The summed E-state index contributed by atoms with van der Waals surface area (Å²) < 4.78 is 18.8. The normalized spacial score (nSPS) is 16.0. The largest absolute Gasteiger partial charge is 0.379 e. The highest BCUT2D eigenvalue weighted by Gasteiger charge is 2.23. The molecule has 0 aliphatic carbocycles. The van der Waals surface area contributed by atoms with E-state index < -0.39 is 0 Å². The smallest absolute Gasteiger partial charge is 0.224 e. The molecule has 2 aromatic rings. The van der Waals surface area contributed by atoms with Crippen molar-refractivity contribution in [3.05, 3.63) is 71.0 Å². The summed E-state index contributed by atoms with van der Waals surface area (Å²) in [5, 5.41) is 3.07. The van der Waals surface area contributed by atoms with Gasteiger partial charge in [-0.3, -0.25) is 9.69 Å². The number of hydrogen-bond donors (Lipinski definition) is 1. The van der Waals surface area contributed by atoms with Crippen LogP contribution in [0.2, 0.25) is 0 Å². The molecule has 0 saturated carbocycles. The van der Waals surface area contributed by atoms with E-state index in [9.17, 15) is 9.18 Å². The summed E-state index contributed by atoms with van der Waals surface area (Å²) in [6, 6.07) is 14.9. The van der Waals surface area contributed by atoms with Crippen molar-refractivity contribution in [1.82, 2.24) is 10.2 Å². The van der Waals surface area contributed by atoms with Gasteiger partial charge in [0.2, 0.25) is 5.91 Å². The van der Waals surface area contributed by atoms with Crippen molar-refractivity contribution < 1.29 is 13.9 Å². The number of nitrogens with one attached hydrogen (secondary N) is 1. The lowest BCUT2D eigenvalue weighted by Gasteiger charge is -2.35. The van der Waals surface area contributed by atoms with Crippen molar-refractivity contribution in [3.8, 4) is 0 Å². The van der Waals surface area contributed by atoms with Gasteiger partial charge in [0.15, 0.2) is 0 Å². The first-order chi connectivity index (χ1) is 14.0. The van der Waals surface area contributed by atoms with Crippen LogP contribution in [0, 0.1) is 11.7 Å². The highest BCUT2D eigenvalue weighted by atomic mass is 19.1. The third-order valence-corrected chi connectivity index (χ3v) is 5.27. The van der Waals surface area contributed by atoms with Crippen molar-refractivity contribution >= 4 is 5.91 Å². The first-order valence-corrected chi connectivity index (χ1v) is 10.4. The molecule has 0 aromatic heterocycles. The van der Waals surface area contributed by atoms with Crippen molar-refractivity contribution in [2.75, 3.05) is 32.8 Å². The Hall–Kier alpha value is -2.24. The van der Waals surface area contributed by atoms with Gasteiger partial charge >= 0.3 is 0 Å². The molecule has 1 N–H and O–H groups in total. The van der Waals surface area contributed by atoms with E-state index in [1.165, 1.54) is 17.7 Å². The van der Waals surface area contributed by atoms with E-state index in [0.29, 0.717) is 32.1 Å². The lowest BCUT2D eigenvalue weighted by molar-refractivity contribution is -0.120. The maximum absolute atomic E-state index is 13.3. The van der Waals surface area contributed by atoms with E-state index >= 15 is 0 Å². The van der Waals surface area contributed by atoms with Gasteiger partial charge in [-0.2, -0.15) is 0 Å². The number of hydrogen-bond acceptors (Lipinski definition) is 3. The Morgan fingerprint density at radius 3 is 2.28 bits per heavy atom. The number of morpholine rings is 1. The Morgan fingerprint density at radius 1 is 1.03 bits per heavy atom. The van der Waals surface area contributed by atoms with E-state index in [1.807, 2.05) is 12.1 Å². The predicted molar refractivity (Wildman–Crippen MR) is 113 cm³/mol. The van der Waals surface area contributed by atoms with Gasteiger partial charge in [0, 0.05) is 19.6 Å².